The lowest BCUT2D eigenvalue weighted by Gasteiger charge is -2.24. The molecule has 4 amide bonds. The highest BCUT2D eigenvalue weighted by Gasteiger charge is 2.30. The average Bonchev–Trinajstić information content (AvgIpc) is 2.72. The molecule has 0 aliphatic heterocycles. The molecule has 0 saturated carbocycles. The van der Waals surface area contributed by atoms with E-state index in [2.05, 4.69) is 16.0 Å². The van der Waals surface area contributed by atoms with E-state index in [-0.39, 0.29) is 12.2 Å². The topological polar surface area (TPSA) is 234 Å². The average molecular weight is 453 g/mol. The number of primary amides is 1. The predicted octanol–water partition coefficient (Wildman–Crippen LogP) is -3.31. The Hall–Kier alpha value is -3.71. The smallest absolute Gasteiger partial charge is 0.325 e. The number of benzene rings is 1. The highest BCUT2D eigenvalue weighted by atomic mass is 16.4. The second kappa shape index (κ2) is 12.2. The van der Waals surface area contributed by atoms with Gasteiger partial charge in [0.2, 0.25) is 23.6 Å². The molecule has 0 heterocycles. The van der Waals surface area contributed by atoms with Gasteiger partial charge < -0.3 is 42.7 Å². The van der Waals surface area contributed by atoms with Crippen molar-refractivity contribution in [1.82, 2.24) is 16.0 Å². The van der Waals surface area contributed by atoms with Crippen LogP contribution in [0.5, 0.6) is 5.75 Å². The molecule has 0 fully saturated rings. The van der Waals surface area contributed by atoms with Gasteiger partial charge in [-0.15, -0.1) is 0 Å². The van der Waals surface area contributed by atoms with Crippen LogP contribution in [-0.4, -0.2) is 75.7 Å². The third-order valence-corrected chi connectivity index (χ3v) is 4.31. The molecule has 1 rings (SSSR count). The van der Waals surface area contributed by atoms with Crippen molar-refractivity contribution < 1.29 is 39.3 Å². The van der Waals surface area contributed by atoms with Gasteiger partial charge in [-0.05, 0) is 24.6 Å². The van der Waals surface area contributed by atoms with Gasteiger partial charge in [0.05, 0.1) is 13.0 Å². The summed E-state index contributed by atoms with van der Waals surface area (Å²) in [5.41, 5.74) is 11.0. The van der Waals surface area contributed by atoms with Crippen LogP contribution in [0, 0.1) is 0 Å². The van der Waals surface area contributed by atoms with Crippen LogP contribution in [0.4, 0.5) is 0 Å². The van der Waals surface area contributed by atoms with Gasteiger partial charge in [0.15, 0.2) is 0 Å². The molecule has 0 aromatic heterocycles. The lowest BCUT2D eigenvalue weighted by atomic mass is 10.0. The number of phenolic OH excluding ortho intramolecular Hbond substituents is 1. The number of hydrogen-bond acceptors (Lipinski definition) is 8. The van der Waals surface area contributed by atoms with E-state index in [1.807, 2.05) is 0 Å². The quantitative estimate of drug-likeness (QED) is 0.158. The van der Waals surface area contributed by atoms with Gasteiger partial charge in [-0.25, -0.2) is 0 Å². The van der Waals surface area contributed by atoms with Crippen molar-refractivity contribution in [2.45, 2.75) is 43.9 Å². The number of carbonyl (C=O) groups excluding carboxylic acids is 4. The number of rotatable bonds is 12. The largest absolute Gasteiger partial charge is 0.508 e. The number of aliphatic hydroxyl groups excluding tert-OH is 1. The molecule has 13 nitrogen and oxygen atoms in total. The first-order valence-electron chi connectivity index (χ1n) is 9.51. The zero-order chi connectivity index (χ0) is 24.4. The molecule has 1 aromatic carbocycles. The Morgan fingerprint density at radius 2 is 1.47 bits per heavy atom. The normalized spacial score (nSPS) is 14.3. The SMILES string of the molecule is CC(NC(=O)C(Cc1ccc(O)cc1)NC(=O)C(CC(N)=O)NC(=O)C(N)CO)C(=O)O. The van der Waals surface area contributed by atoms with Crippen LogP contribution >= 0.6 is 0 Å². The van der Waals surface area contributed by atoms with Crippen molar-refractivity contribution in [1.29, 1.82) is 0 Å². The number of amides is 4. The van der Waals surface area contributed by atoms with Crippen LogP contribution in [-0.2, 0) is 30.4 Å². The first-order valence-corrected chi connectivity index (χ1v) is 9.51. The first-order chi connectivity index (χ1) is 14.9. The minimum atomic E-state index is -1.50. The zero-order valence-corrected chi connectivity index (χ0v) is 17.3. The Balaban J connectivity index is 3.08. The molecule has 4 atom stereocenters. The number of carboxylic acid groups (broad SMARTS) is 1. The van der Waals surface area contributed by atoms with Crippen molar-refractivity contribution >= 4 is 29.6 Å². The Bertz CT molecular complexity index is 845. The van der Waals surface area contributed by atoms with E-state index in [1.54, 1.807) is 0 Å². The van der Waals surface area contributed by atoms with Gasteiger partial charge >= 0.3 is 5.97 Å². The molecule has 0 aliphatic rings. The summed E-state index contributed by atoms with van der Waals surface area (Å²) in [6, 6.07) is 0.293. The minimum Gasteiger partial charge on any atom is -0.508 e. The van der Waals surface area contributed by atoms with Gasteiger partial charge in [0, 0.05) is 6.42 Å². The van der Waals surface area contributed by atoms with Crippen molar-refractivity contribution in [3.05, 3.63) is 29.8 Å². The van der Waals surface area contributed by atoms with Crippen LogP contribution in [0.3, 0.4) is 0 Å². The van der Waals surface area contributed by atoms with E-state index in [1.165, 1.54) is 31.2 Å². The van der Waals surface area contributed by atoms with Crippen LogP contribution in [0.25, 0.3) is 0 Å². The Morgan fingerprint density at radius 3 is 1.97 bits per heavy atom. The van der Waals surface area contributed by atoms with Crippen LogP contribution in [0.1, 0.15) is 18.9 Å². The molecule has 0 spiro atoms. The second-order valence-corrected chi connectivity index (χ2v) is 7.02. The summed E-state index contributed by atoms with van der Waals surface area (Å²) < 4.78 is 0. The number of nitrogens with one attached hydrogen (secondary N) is 3. The number of aliphatic hydroxyl groups is 1. The summed E-state index contributed by atoms with van der Waals surface area (Å²) in [7, 11) is 0. The molecule has 0 saturated heterocycles. The Morgan fingerprint density at radius 1 is 0.938 bits per heavy atom. The lowest BCUT2D eigenvalue weighted by Crippen LogP contribution is -2.58. The molecular weight excluding hydrogens is 426 g/mol. The molecule has 13 heteroatoms. The summed E-state index contributed by atoms with van der Waals surface area (Å²) >= 11 is 0. The number of aliphatic carboxylic acids is 1. The number of nitrogens with two attached hydrogens (primary N) is 2. The summed E-state index contributed by atoms with van der Waals surface area (Å²) in [5.74, 6) is -4.97. The third-order valence-electron chi connectivity index (χ3n) is 4.31. The lowest BCUT2D eigenvalue weighted by molar-refractivity contribution is -0.142. The van der Waals surface area contributed by atoms with E-state index < -0.39 is 66.8 Å². The summed E-state index contributed by atoms with van der Waals surface area (Å²) in [4.78, 5) is 59.7. The fourth-order valence-corrected chi connectivity index (χ4v) is 2.50. The van der Waals surface area contributed by atoms with Gasteiger partial charge in [-0.1, -0.05) is 12.1 Å². The standard InChI is InChI=1S/C19H27N5O8/c1-9(19(31)32)22-17(29)13(6-10-2-4-11(26)5-3-10)24-18(30)14(7-15(21)27)23-16(28)12(20)8-25/h2-5,9,12-14,25-26H,6-8,20H2,1H3,(H2,21,27)(H,22,29)(H,23,28)(H,24,30)(H,31,32). The molecule has 0 bridgehead atoms. The number of hydrogen-bond donors (Lipinski definition) is 8. The fourth-order valence-electron chi connectivity index (χ4n) is 2.50. The zero-order valence-electron chi connectivity index (χ0n) is 17.3. The van der Waals surface area contributed by atoms with E-state index >= 15 is 0 Å². The van der Waals surface area contributed by atoms with Crippen molar-refractivity contribution in [2.24, 2.45) is 11.5 Å². The molecule has 1 aromatic rings. The molecule has 4 unspecified atom stereocenters. The van der Waals surface area contributed by atoms with Gasteiger partial charge in [0.1, 0.15) is 29.9 Å². The van der Waals surface area contributed by atoms with E-state index in [0.29, 0.717) is 5.56 Å². The van der Waals surface area contributed by atoms with Crippen LogP contribution in [0.2, 0.25) is 0 Å². The predicted molar refractivity (Wildman–Crippen MR) is 110 cm³/mol. The highest BCUT2D eigenvalue weighted by Crippen LogP contribution is 2.12. The van der Waals surface area contributed by atoms with E-state index in [4.69, 9.17) is 21.7 Å². The molecule has 32 heavy (non-hydrogen) atoms. The Kier molecular flexibility index (Phi) is 10.1. The number of carboxylic acids is 1. The molecule has 10 N–H and O–H groups in total. The molecule has 0 radical (unpaired) electrons. The monoisotopic (exact) mass is 453 g/mol. The molecule has 0 aliphatic carbocycles. The van der Waals surface area contributed by atoms with Gasteiger partial charge in [-0.3, -0.25) is 24.0 Å². The second-order valence-electron chi connectivity index (χ2n) is 7.02. The van der Waals surface area contributed by atoms with Crippen molar-refractivity contribution in [3.63, 3.8) is 0 Å². The van der Waals surface area contributed by atoms with Gasteiger partial charge in [0.25, 0.3) is 0 Å². The summed E-state index contributed by atoms with van der Waals surface area (Å²) in [6.45, 7) is 0.516. The van der Waals surface area contributed by atoms with Gasteiger partial charge in [-0.2, -0.15) is 0 Å². The van der Waals surface area contributed by atoms with Crippen LogP contribution in [0.15, 0.2) is 24.3 Å². The van der Waals surface area contributed by atoms with E-state index in [9.17, 15) is 29.1 Å². The molecular formula is C19H27N5O8. The number of carbonyl (C=O) groups is 5. The number of aromatic hydroxyl groups is 1. The maximum atomic E-state index is 12.7. The first kappa shape index (κ1) is 26.3. The summed E-state index contributed by atoms with van der Waals surface area (Å²) in [6.07, 6.45) is -0.716. The molecule has 176 valence electrons. The Labute approximate surface area is 183 Å². The maximum Gasteiger partial charge on any atom is 0.325 e. The number of phenols is 1. The third kappa shape index (κ3) is 8.57. The van der Waals surface area contributed by atoms with Crippen molar-refractivity contribution in [2.75, 3.05) is 6.61 Å². The van der Waals surface area contributed by atoms with Crippen molar-refractivity contribution in [3.8, 4) is 5.75 Å². The van der Waals surface area contributed by atoms with Crippen LogP contribution < -0.4 is 27.4 Å². The fraction of sp³-hybridized carbons (Fsp3) is 0.421. The summed E-state index contributed by atoms with van der Waals surface area (Å²) in [5, 5.41) is 34.2. The maximum absolute atomic E-state index is 12.7. The highest BCUT2D eigenvalue weighted by molar-refractivity contribution is 5.96. The van der Waals surface area contributed by atoms with E-state index in [0.717, 1.165) is 0 Å². The minimum absolute atomic E-state index is 0.0252.